The summed E-state index contributed by atoms with van der Waals surface area (Å²) < 4.78 is 6.18. The number of nitrogens with zero attached hydrogens (tertiary/aromatic N) is 1. The Balaban J connectivity index is 2.10. The van der Waals surface area contributed by atoms with Crippen LogP contribution in [0.5, 0.6) is 0 Å². The zero-order chi connectivity index (χ0) is 15.9. The van der Waals surface area contributed by atoms with Crippen LogP contribution in [0.3, 0.4) is 0 Å². The largest absolute Gasteiger partial charge is 0.422 e. The predicted octanol–water partition coefficient (Wildman–Crippen LogP) is 2.43. The summed E-state index contributed by atoms with van der Waals surface area (Å²) in [5.41, 5.74) is 6.58. The average Bonchev–Trinajstić information content (AvgIpc) is 2.48. The number of fused-ring (bicyclic) bond motifs is 1. The van der Waals surface area contributed by atoms with Gasteiger partial charge in [-0.05, 0) is 43.5 Å². The topological polar surface area (TPSA) is 76.5 Å². The van der Waals surface area contributed by atoms with Gasteiger partial charge in [0.05, 0.1) is 0 Å². The Hall–Kier alpha value is -1.66. The zero-order valence-corrected chi connectivity index (χ0v) is 13.9. The highest BCUT2D eigenvalue weighted by molar-refractivity contribution is 9.10. The van der Waals surface area contributed by atoms with Crippen LogP contribution in [-0.2, 0) is 0 Å². The van der Waals surface area contributed by atoms with Crippen molar-refractivity contribution in [2.75, 3.05) is 13.1 Å². The van der Waals surface area contributed by atoms with Gasteiger partial charge in [-0.2, -0.15) is 0 Å². The Morgan fingerprint density at radius 3 is 2.95 bits per heavy atom. The lowest BCUT2D eigenvalue weighted by Crippen LogP contribution is -2.46. The number of carbonyl (C=O) groups is 1. The van der Waals surface area contributed by atoms with E-state index >= 15 is 0 Å². The SMILES string of the molecule is Cc1c(C(=O)N2CCCC(N)C2)c(=O)oc2ccc(Br)cc12. The van der Waals surface area contributed by atoms with Crippen molar-refractivity contribution < 1.29 is 9.21 Å². The maximum absolute atomic E-state index is 12.7. The third-order valence-corrected chi connectivity index (χ3v) is 4.58. The number of rotatable bonds is 1. The summed E-state index contributed by atoms with van der Waals surface area (Å²) >= 11 is 3.40. The average molecular weight is 365 g/mol. The van der Waals surface area contributed by atoms with Crippen molar-refractivity contribution in [3.05, 3.63) is 44.2 Å². The molecule has 3 rings (SSSR count). The third-order valence-electron chi connectivity index (χ3n) is 4.09. The molecule has 1 aliphatic heterocycles. The smallest absolute Gasteiger partial charge is 0.349 e. The van der Waals surface area contributed by atoms with Gasteiger partial charge in [-0.15, -0.1) is 0 Å². The molecular formula is C16H17BrN2O3. The summed E-state index contributed by atoms with van der Waals surface area (Å²) in [6, 6.07) is 5.35. The number of hydrogen-bond donors (Lipinski definition) is 1. The molecule has 6 heteroatoms. The van der Waals surface area contributed by atoms with E-state index in [1.54, 1.807) is 24.0 Å². The van der Waals surface area contributed by atoms with Gasteiger partial charge < -0.3 is 15.1 Å². The van der Waals surface area contributed by atoms with Gasteiger partial charge in [0, 0.05) is 29.0 Å². The molecular weight excluding hydrogens is 348 g/mol. The number of benzene rings is 1. The minimum Gasteiger partial charge on any atom is -0.422 e. The highest BCUT2D eigenvalue weighted by Crippen LogP contribution is 2.24. The van der Waals surface area contributed by atoms with Crippen LogP contribution in [0.25, 0.3) is 11.0 Å². The predicted molar refractivity (Wildman–Crippen MR) is 88.0 cm³/mol. The van der Waals surface area contributed by atoms with Crippen LogP contribution in [0, 0.1) is 6.92 Å². The lowest BCUT2D eigenvalue weighted by atomic mass is 10.0. The molecule has 116 valence electrons. The quantitative estimate of drug-likeness (QED) is 0.788. The zero-order valence-electron chi connectivity index (χ0n) is 12.3. The molecule has 1 atom stereocenters. The highest BCUT2D eigenvalue weighted by atomic mass is 79.9. The summed E-state index contributed by atoms with van der Waals surface area (Å²) in [5.74, 6) is -0.289. The Kier molecular flexibility index (Phi) is 4.06. The van der Waals surface area contributed by atoms with Gasteiger partial charge in [-0.25, -0.2) is 4.79 Å². The number of amides is 1. The van der Waals surface area contributed by atoms with E-state index in [1.807, 2.05) is 6.07 Å². The number of halogens is 1. The molecule has 5 nitrogen and oxygen atoms in total. The normalized spacial score (nSPS) is 18.7. The molecule has 1 fully saturated rings. The van der Waals surface area contributed by atoms with Crippen molar-refractivity contribution in [3.63, 3.8) is 0 Å². The Bertz CT molecular complexity index is 800. The second-order valence-electron chi connectivity index (χ2n) is 5.68. The summed E-state index contributed by atoms with van der Waals surface area (Å²) in [4.78, 5) is 26.6. The maximum Gasteiger partial charge on any atom is 0.349 e. The molecule has 1 amide bonds. The summed E-state index contributed by atoms with van der Waals surface area (Å²) in [6.45, 7) is 2.89. The van der Waals surface area contributed by atoms with Crippen molar-refractivity contribution >= 4 is 32.8 Å². The van der Waals surface area contributed by atoms with E-state index in [0.29, 0.717) is 24.2 Å². The summed E-state index contributed by atoms with van der Waals surface area (Å²) in [5, 5.41) is 0.763. The van der Waals surface area contributed by atoms with Crippen molar-refractivity contribution in [2.45, 2.75) is 25.8 Å². The Morgan fingerprint density at radius 1 is 1.45 bits per heavy atom. The monoisotopic (exact) mass is 364 g/mol. The fourth-order valence-electron chi connectivity index (χ4n) is 2.92. The number of piperidine rings is 1. The first-order valence-electron chi connectivity index (χ1n) is 7.25. The van der Waals surface area contributed by atoms with E-state index in [9.17, 15) is 9.59 Å². The van der Waals surface area contributed by atoms with Crippen molar-refractivity contribution in [2.24, 2.45) is 5.73 Å². The lowest BCUT2D eigenvalue weighted by Gasteiger charge is -2.30. The fraction of sp³-hybridized carbons (Fsp3) is 0.375. The standard InChI is InChI=1S/C16H17BrN2O3/c1-9-12-7-10(17)4-5-13(12)22-16(21)14(9)15(20)19-6-2-3-11(18)8-19/h4-5,7,11H,2-3,6,8,18H2,1H3. The molecule has 0 spiro atoms. The van der Waals surface area contributed by atoms with Crippen LogP contribution >= 0.6 is 15.9 Å². The second-order valence-corrected chi connectivity index (χ2v) is 6.60. The summed E-state index contributed by atoms with van der Waals surface area (Å²) in [7, 11) is 0. The molecule has 1 aromatic carbocycles. The van der Waals surface area contributed by atoms with Gasteiger partial charge in [0.1, 0.15) is 11.1 Å². The Labute approximate surface area is 136 Å². The second kappa shape index (κ2) is 5.85. The van der Waals surface area contributed by atoms with Crippen LogP contribution in [0.15, 0.2) is 31.9 Å². The van der Waals surface area contributed by atoms with Gasteiger partial charge in [0.25, 0.3) is 5.91 Å². The first-order chi connectivity index (χ1) is 10.5. The number of hydrogen-bond acceptors (Lipinski definition) is 4. The van der Waals surface area contributed by atoms with Gasteiger partial charge in [0.15, 0.2) is 0 Å². The Morgan fingerprint density at radius 2 is 2.23 bits per heavy atom. The van der Waals surface area contributed by atoms with E-state index in [-0.39, 0.29) is 17.5 Å². The lowest BCUT2D eigenvalue weighted by molar-refractivity contribution is 0.0704. The van der Waals surface area contributed by atoms with Crippen LogP contribution in [0.4, 0.5) is 0 Å². The van der Waals surface area contributed by atoms with Crippen molar-refractivity contribution in [3.8, 4) is 0 Å². The van der Waals surface area contributed by atoms with Crippen LogP contribution in [0.2, 0.25) is 0 Å². The molecule has 0 bridgehead atoms. The van der Waals surface area contributed by atoms with Crippen molar-refractivity contribution in [1.82, 2.24) is 4.90 Å². The van der Waals surface area contributed by atoms with E-state index < -0.39 is 5.63 Å². The molecule has 2 aromatic rings. The van der Waals surface area contributed by atoms with Crippen LogP contribution in [-0.4, -0.2) is 29.9 Å². The molecule has 0 radical (unpaired) electrons. The van der Waals surface area contributed by atoms with E-state index in [4.69, 9.17) is 10.2 Å². The van der Waals surface area contributed by atoms with Gasteiger partial charge in [-0.1, -0.05) is 15.9 Å². The van der Waals surface area contributed by atoms with Gasteiger partial charge in [0.2, 0.25) is 0 Å². The molecule has 2 heterocycles. The van der Waals surface area contributed by atoms with Crippen LogP contribution in [0.1, 0.15) is 28.8 Å². The first kappa shape index (κ1) is 15.2. The van der Waals surface area contributed by atoms with Crippen molar-refractivity contribution in [1.29, 1.82) is 0 Å². The van der Waals surface area contributed by atoms with E-state index in [0.717, 1.165) is 22.7 Å². The molecule has 1 unspecified atom stereocenters. The minimum absolute atomic E-state index is 0.0281. The molecule has 1 aliphatic rings. The number of likely N-dealkylation sites (tertiary alicyclic amines) is 1. The first-order valence-corrected chi connectivity index (χ1v) is 8.04. The van der Waals surface area contributed by atoms with Crippen LogP contribution < -0.4 is 11.4 Å². The number of nitrogens with two attached hydrogens (primary N) is 1. The molecule has 2 N–H and O–H groups in total. The van der Waals surface area contributed by atoms with Gasteiger partial charge in [-0.3, -0.25) is 4.79 Å². The maximum atomic E-state index is 12.7. The molecule has 1 aromatic heterocycles. The number of carbonyl (C=O) groups excluding carboxylic acids is 1. The number of aryl methyl sites for hydroxylation is 1. The van der Waals surface area contributed by atoms with E-state index in [2.05, 4.69) is 15.9 Å². The third kappa shape index (κ3) is 2.68. The summed E-state index contributed by atoms with van der Waals surface area (Å²) in [6.07, 6.45) is 1.76. The fourth-order valence-corrected chi connectivity index (χ4v) is 3.28. The highest BCUT2D eigenvalue weighted by Gasteiger charge is 2.27. The molecule has 22 heavy (non-hydrogen) atoms. The van der Waals surface area contributed by atoms with E-state index in [1.165, 1.54) is 0 Å². The van der Waals surface area contributed by atoms with Gasteiger partial charge >= 0.3 is 5.63 Å². The molecule has 0 saturated carbocycles. The molecule has 1 saturated heterocycles. The molecule has 0 aliphatic carbocycles. The minimum atomic E-state index is -0.587.